The number of aromatic nitrogens is 1. The standard InChI is InChI=1S/C12H14N2O3/c1-14(11(15)2-3-12(16)17)9-6-10-4-7-13-8-5-10/h2-5,7-8H,6,9H2,1H3,(H,16,17)/b3-2+. The summed E-state index contributed by atoms with van der Waals surface area (Å²) < 4.78 is 0. The number of amides is 1. The molecule has 5 nitrogen and oxygen atoms in total. The average molecular weight is 234 g/mol. The maximum atomic E-state index is 11.4. The van der Waals surface area contributed by atoms with Crippen LogP contribution >= 0.6 is 0 Å². The molecule has 90 valence electrons. The molecule has 0 aromatic carbocycles. The van der Waals surface area contributed by atoms with Crippen LogP contribution in [0.3, 0.4) is 0 Å². The van der Waals surface area contributed by atoms with Gasteiger partial charge in [0.2, 0.25) is 5.91 Å². The highest BCUT2D eigenvalue weighted by Crippen LogP contribution is 1.99. The maximum Gasteiger partial charge on any atom is 0.328 e. The number of nitrogens with zero attached hydrogens (tertiary/aromatic N) is 2. The Morgan fingerprint density at radius 2 is 2.00 bits per heavy atom. The van der Waals surface area contributed by atoms with Crippen molar-refractivity contribution in [2.75, 3.05) is 13.6 Å². The van der Waals surface area contributed by atoms with Gasteiger partial charge >= 0.3 is 5.97 Å². The third-order valence-corrected chi connectivity index (χ3v) is 2.23. The van der Waals surface area contributed by atoms with Crippen LogP contribution in [0.4, 0.5) is 0 Å². The minimum Gasteiger partial charge on any atom is -0.478 e. The number of carboxylic acids is 1. The number of rotatable bonds is 5. The normalized spacial score (nSPS) is 10.4. The fourth-order valence-corrected chi connectivity index (χ4v) is 1.23. The molecule has 0 aliphatic rings. The van der Waals surface area contributed by atoms with Gasteiger partial charge in [-0.25, -0.2) is 4.79 Å². The average Bonchev–Trinajstić information content (AvgIpc) is 2.34. The van der Waals surface area contributed by atoms with Gasteiger partial charge in [-0.3, -0.25) is 9.78 Å². The SMILES string of the molecule is CN(CCc1ccncc1)C(=O)/C=C/C(=O)O. The molecule has 0 fully saturated rings. The number of carbonyl (C=O) groups is 2. The predicted molar refractivity (Wildman–Crippen MR) is 62.4 cm³/mol. The molecule has 0 spiro atoms. The molecule has 0 unspecified atom stereocenters. The van der Waals surface area contributed by atoms with E-state index in [2.05, 4.69) is 4.98 Å². The van der Waals surface area contributed by atoms with Gasteiger partial charge < -0.3 is 10.0 Å². The molecular weight excluding hydrogens is 220 g/mol. The zero-order valence-electron chi connectivity index (χ0n) is 9.54. The molecule has 1 aromatic heterocycles. The molecule has 0 aliphatic carbocycles. The fraction of sp³-hybridized carbons (Fsp3) is 0.250. The Hall–Kier alpha value is -2.17. The molecule has 1 rings (SSSR count). The third-order valence-electron chi connectivity index (χ3n) is 2.23. The van der Waals surface area contributed by atoms with Crippen molar-refractivity contribution in [3.63, 3.8) is 0 Å². The summed E-state index contributed by atoms with van der Waals surface area (Å²) in [5.41, 5.74) is 1.09. The van der Waals surface area contributed by atoms with Crippen molar-refractivity contribution < 1.29 is 14.7 Å². The van der Waals surface area contributed by atoms with Gasteiger partial charge in [-0.15, -0.1) is 0 Å². The highest BCUT2D eigenvalue weighted by atomic mass is 16.4. The van der Waals surface area contributed by atoms with E-state index in [1.54, 1.807) is 19.4 Å². The van der Waals surface area contributed by atoms with Gasteiger partial charge in [-0.2, -0.15) is 0 Å². The van der Waals surface area contributed by atoms with Crippen LogP contribution in [-0.2, 0) is 16.0 Å². The van der Waals surface area contributed by atoms with E-state index < -0.39 is 5.97 Å². The lowest BCUT2D eigenvalue weighted by Gasteiger charge is -2.14. The molecule has 1 aromatic rings. The molecule has 0 radical (unpaired) electrons. The van der Waals surface area contributed by atoms with Crippen LogP contribution in [0.1, 0.15) is 5.56 Å². The van der Waals surface area contributed by atoms with Crippen LogP contribution in [0, 0.1) is 0 Å². The van der Waals surface area contributed by atoms with E-state index in [4.69, 9.17) is 5.11 Å². The summed E-state index contributed by atoms with van der Waals surface area (Å²) in [4.78, 5) is 27.0. The summed E-state index contributed by atoms with van der Waals surface area (Å²) in [6, 6.07) is 3.76. The number of hydrogen-bond donors (Lipinski definition) is 1. The number of carboxylic acid groups (broad SMARTS) is 1. The van der Waals surface area contributed by atoms with Crippen LogP contribution < -0.4 is 0 Å². The number of aliphatic carboxylic acids is 1. The second-order valence-corrected chi connectivity index (χ2v) is 3.54. The van der Waals surface area contributed by atoms with Gasteiger partial charge in [0, 0.05) is 38.1 Å². The van der Waals surface area contributed by atoms with Gasteiger partial charge in [0.15, 0.2) is 0 Å². The van der Waals surface area contributed by atoms with E-state index in [0.717, 1.165) is 17.7 Å². The lowest BCUT2D eigenvalue weighted by atomic mass is 10.2. The molecule has 0 bridgehead atoms. The number of pyridine rings is 1. The molecular formula is C12H14N2O3. The van der Waals surface area contributed by atoms with E-state index in [1.165, 1.54) is 4.90 Å². The van der Waals surface area contributed by atoms with Gasteiger partial charge in [0.25, 0.3) is 0 Å². The van der Waals surface area contributed by atoms with Gasteiger partial charge in [-0.1, -0.05) is 0 Å². The molecule has 5 heteroatoms. The summed E-state index contributed by atoms with van der Waals surface area (Å²) in [6.07, 6.45) is 5.99. The van der Waals surface area contributed by atoms with Crippen LogP contribution in [0.25, 0.3) is 0 Å². The van der Waals surface area contributed by atoms with Crippen LogP contribution in [-0.4, -0.2) is 40.5 Å². The second kappa shape index (κ2) is 6.42. The smallest absolute Gasteiger partial charge is 0.328 e. The third kappa shape index (κ3) is 4.92. The first-order valence-corrected chi connectivity index (χ1v) is 5.14. The monoisotopic (exact) mass is 234 g/mol. The minimum atomic E-state index is -1.12. The molecule has 0 atom stereocenters. The van der Waals surface area contributed by atoms with Gasteiger partial charge in [0.1, 0.15) is 0 Å². The van der Waals surface area contributed by atoms with Crippen molar-refractivity contribution in [3.8, 4) is 0 Å². The molecule has 1 heterocycles. The van der Waals surface area contributed by atoms with Gasteiger partial charge in [0.05, 0.1) is 0 Å². The second-order valence-electron chi connectivity index (χ2n) is 3.54. The Labute approximate surface area is 99.4 Å². The van der Waals surface area contributed by atoms with E-state index >= 15 is 0 Å². The topological polar surface area (TPSA) is 70.5 Å². The Morgan fingerprint density at radius 1 is 1.35 bits per heavy atom. The number of carbonyl (C=O) groups excluding carboxylic acids is 1. The van der Waals surface area contributed by atoms with Crippen molar-refractivity contribution in [1.29, 1.82) is 0 Å². The Kier molecular flexibility index (Phi) is 4.87. The number of hydrogen-bond acceptors (Lipinski definition) is 3. The zero-order valence-corrected chi connectivity index (χ0v) is 9.54. The first-order chi connectivity index (χ1) is 8.09. The van der Waals surface area contributed by atoms with Crippen molar-refractivity contribution in [1.82, 2.24) is 9.88 Å². The molecule has 0 aliphatic heterocycles. The molecule has 17 heavy (non-hydrogen) atoms. The molecule has 0 saturated carbocycles. The van der Waals surface area contributed by atoms with Crippen molar-refractivity contribution in [3.05, 3.63) is 42.2 Å². The lowest BCUT2D eigenvalue weighted by Crippen LogP contribution is -2.27. The first kappa shape index (κ1) is 12.9. The van der Waals surface area contributed by atoms with Gasteiger partial charge in [-0.05, 0) is 24.1 Å². The van der Waals surface area contributed by atoms with E-state index in [0.29, 0.717) is 13.0 Å². The Balaban J connectivity index is 2.42. The molecule has 1 amide bonds. The van der Waals surface area contributed by atoms with E-state index in [-0.39, 0.29) is 5.91 Å². The lowest BCUT2D eigenvalue weighted by molar-refractivity contribution is -0.132. The summed E-state index contributed by atoms with van der Waals surface area (Å²) in [6.45, 7) is 0.535. The molecule has 0 saturated heterocycles. The van der Waals surface area contributed by atoms with Crippen LogP contribution in [0.5, 0.6) is 0 Å². The van der Waals surface area contributed by atoms with Crippen molar-refractivity contribution in [2.24, 2.45) is 0 Å². The first-order valence-electron chi connectivity index (χ1n) is 5.14. The quantitative estimate of drug-likeness (QED) is 0.762. The van der Waals surface area contributed by atoms with Crippen molar-refractivity contribution in [2.45, 2.75) is 6.42 Å². The predicted octanol–water partition coefficient (Wildman–Crippen LogP) is 0.723. The highest BCUT2D eigenvalue weighted by molar-refractivity contribution is 5.93. The summed E-state index contributed by atoms with van der Waals surface area (Å²) in [7, 11) is 1.63. The summed E-state index contributed by atoms with van der Waals surface area (Å²) in [5, 5.41) is 8.39. The van der Waals surface area contributed by atoms with Crippen LogP contribution in [0.15, 0.2) is 36.7 Å². The molecule has 1 N–H and O–H groups in total. The fourth-order valence-electron chi connectivity index (χ4n) is 1.23. The summed E-state index contributed by atoms with van der Waals surface area (Å²) in [5.74, 6) is -1.44. The highest BCUT2D eigenvalue weighted by Gasteiger charge is 2.05. The largest absolute Gasteiger partial charge is 0.478 e. The van der Waals surface area contributed by atoms with Crippen LogP contribution in [0.2, 0.25) is 0 Å². The summed E-state index contributed by atoms with van der Waals surface area (Å²) >= 11 is 0. The van der Waals surface area contributed by atoms with E-state index in [9.17, 15) is 9.59 Å². The number of likely N-dealkylation sites (N-methyl/N-ethyl adjacent to an activating group) is 1. The van der Waals surface area contributed by atoms with Crippen molar-refractivity contribution >= 4 is 11.9 Å². The minimum absolute atomic E-state index is 0.318. The zero-order chi connectivity index (χ0) is 12.7. The van der Waals surface area contributed by atoms with E-state index in [1.807, 2.05) is 12.1 Å². The Morgan fingerprint density at radius 3 is 2.59 bits per heavy atom. The maximum absolute atomic E-state index is 11.4. The Bertz CT molecular complexity index is 415.